The molecule has 0 saturated carbocycles. The van der Waals surface area contributed by atoms with Crippen LogP contribution in [-0.2, 0) is 4.79 Å². The Morgan fingerprint density at radius 2 is 1.86 bits per heavy atom. The zero-order valence-corrected chi connectivity index (χ0v) is 8.35. The third-order valence-electron chi connectivity index (χ3n) is 1.52. The van der Waals surface area contributed by atoms with Crippen LogP contribution in [0.15, 0.2) is 24.3 Å². The van der Waals surface area contributed by atoms with Gasteiger partial charge in [0.15, 0.2) is 0 Å². The van der Waals surface area contributed by atoms with E-state index in [4.69, 9.17) is 0 Å². The predicted molar refractivity (Wildman–Crippen MR) is 51.4 cm³/mol. The number of Topliss-reactive ketones (excluding diaryl/α,β-unsaturated/α-hetero) is 1. The smallest absolute Gasteiger partial charge is 0.280 e. The number of halogens is 1. The highest BCUT2D eigenvalue weighted by molar-refractivity contribution is 9.19. The normalized spacial score (nSPS) is 9.50. The summed E-state index contributed by atoms with van der Waals surface area (Å²) in [7, 11) is 0. The Hall–Kier alpha value is -1.56. The molecule has 0 aromatic heterocycles. The fourth-order valence-corrected chi connectivity index (χ4v) is 1.14. The van der Waals surface area contributed by atoms with Crippen molar-refractivity contribution in [2.75, 3.05) is 0 Å². The molecule has 0 fully saturated rings. The average molecular weight is 258 g/mol. The van der Waals surface area contributed by atoms with Crippen LogP contribution in [-0.4, -0.2) is 15.4 Å². The number of ketones is 1. The number of nitro groups is 1. The van der Waals surface area contributed by atoms with Gasteiger partial charge in [0.2, 0.25) is 5.78 Å². The highest BCUT2D eigenvalue weighted by atomic mass is 79.9. The second kappa shape index (κ2) is 4.10. The van der Waals surface area contributed by atoms with Crippen molar-refractivity contribution >= 4 is 32.1 Å². The fraction of sp³-hybridized carbons (Fsp3) is 0. The third kappa shape index (κ3) is 2.02. The van der Waals surface area contributed by atoms with E-state index in [-0.39, 0.29) is 11.3 Å². The van der Waals surface area contributed by atoms with E-state index < -0.39 is 15.4 Å². The molecule has 1 rings (SSSR count). The molecule has 6 heteroatoms. The van der Waals surface area contributed by atoms with Gasteiger partial charge in [-0.3, -0.25) is 19.7 Å². The van der Waals surface area contributed by atoms with Gasteiger partial charge in [-0.15, -0.1) is 0 Å². The summed E-state index contributed by atoms with van der Waals surface area (Å²) >= 11 is 2.45. The Bertz CT molecular complexity index is 416. The molecule has 0 radical (unpaired) electrons. The number of carbonyl (C=O) groups is 2. The van der Waals surface area contributed by atoms with Crippen LogP contribution in [0, 0.1) is 10.1 Å². The van der Waals surface area contributed by atoms with Gasteiger partial charge in [0.05, 0.1) is 4.92 Å². The molecular formula is C8H4BrNO4. The number of nitro benzene ring substituents is 1. The number of nitrogens with zero attached hydrogens (tertiary/aromatic N) is 1. The summed E-state index contributed by atoms with van der Waals surface area (Å²) in [5.74, 6) is -0.919. The summed E-state index contributed by atoms with van der Waals surface area (Å²) in [6, 6.07) is 5.28. The molecule has 0 N–H and O–H groups in total. The number of hydrogen-bond donors (Lipinski definition) is 0. The van der Waals surface area contributed by atoms with Crippen molar-refractivity contribution in [3.8, 4) is 0 Å². The van der Waals surface area contributed by atoms with Gasteiger partial charge in [-0.25, -0.2) is 0 Å². The molecule has 0 heterocycles. The van der Waals surface area contributed by atoms with Crippen LogP contribution in [0.4, 0.5) is 5.69 Å². The van der Waals surface area contributed by atoms with Gasteiger partial charge in [-0.1, -0.05) is 12.1 Å². The average Bonchev–Trinajstić information content (AvgIpc) is 2.16. The van der Waals surface area contributed by atoms with Crippen molar-refractivity contribution in [1.29, 1.82) is 0 Å². The predicted octanol–water partition coefficient (Wildman–Crippen LogP) is 1.70. The van der Waals surface area contributed by atoms with Crippen molar-refractivity contribution in [3.05, 3.63) is 39.9 Å². The van der Waals surface area contributed by atoms with E-state index in [2.05, 4.69) is 15.9 Å². The lowest BCUT2D eigenvalue weighted by molar-refractivity contribution is -0.385. The molecule has 0 unspecified atom stereocenters. The number of benzene rings is 1. The van der Waals surface area contributed by atoms with Gasteiger partial charge in [0, 0.05) is 22.0 Å². The SMILES string of the molecule is O=C(Br)C(=O)c1ccccc1[N+](=O)[O-]. The van der Waals surface area contributed by atoms with E-state index in [1.807, 2.05) is 0 Å². The Morgan fingerprint density at radius 1 is 1.29 bits per heavy atom. The Balaban J connectivity index is 3.27. The quantitative estimate of drug-likeness (QED) is 0.272. The zero-order chi connectivity index (χ0) is 10.7. The number of carbonyl (C=O) groups excluding carboxylic acids is 2. The Kier molecular flexibility index (Phi) is 3.08. The standard InChI is InChI=1S/C8H4BrNO4/c9-8(12)7(11)5-3-1-2-4-6(5)10(13)14/h1-4H. The lowest BCUT2D eigenvalue weighted by atomic mass is 10.1. The fourth-order valence-electron chi connectivity index (χ4n) is 0.931. The molecule has 5 nitrogen and oxygen atoms in total. The van der Waals surface area contributed by atoms with Crippen LogP contribution in [0.2, 0.25) is 0 Å². The molecule has 1 aromatic rings. The van der Waals surface area contributed by atoms with Gasteiger partial charge < -0.3 is 0 Å². The molecule has 14 heavy (non-hydrogen) atoms. The molecule has 0 saturated heterocycles. The molecule has 72 valence electrons. The molecule has 0 bridgehead atoms. The molecule has 0 aliphatic carbocycles. The van der Waals surface area contributed by atoms with Crippen LogP contribution in [0.25, 0.3) is 0 Å². The largest absolute Gasteiger partial charge is 0.284 e. The molecule has 0 atom stereocenters. The molecule has 0 amide bonds. The summed E-state index contributed by atoms with van der Waals surface area (Å²) in [6.07, 6.45) is 0. The van der Waals surface area contributed by atoms with Crippen molar-refractivity contribution in [2.45, 2.75) is 0 Å². The summed E-state index contributed by atoms with van der Waals surface area (Å²) < 4.78 is -0.896. The second-order valence-corrected chi connectivity index (χ2v) is 3.10. The van der Waals surface area contributed by atoms with E-state index in [1.54, 1.807) is 0 Å². The first-order valence-electron chi connectivity index (χ1n) is 3.51. The van der Waals surface area contributed by atoms with E-state index >= 15 is 0 Å². The van der Waals surface area contributed by atoms with Gasteiger partial charge in [0.1, 0.15) is 5.56 Å². The lowest BCUT2D eigenvalue weighted by Gasteiger charge is -1.97. The maximum Gasteiger partial charge on any atom is 0.280 e. The molecule has 0 aliphatic heterocycles. The summed E-state index contributed by atoms with van der Waals surface area (Å²) in [6.45, 7) is 0. The van der Waals surface area contributed by atoms with E-state index in [0.717, 1.165) is 0 Å². The summed E-state index contributed by atoms with van der Waals surface area (Å²) in [5, 5.41) is 10.5. The first kappa shape index (κ1) is 10.5. The molecular weight excluding hydrogens is 254 g/mol. The maximum atomic E-state index is 11.2. The monoisotopic (exact) mass is 257 g/mol. The van der Waals surface area contributed by atoms with Gasteiger partial charge >= 0.3 is 0 Å². The highest BCUT2D eigenvalue weighted by Crippen LogP contribution is 2.18. The Labute approximate surface area is 87.0 Å². The van der Waals surface area contributed by atoms with Crippen LogP contribution in [0.5, 0.6) is 0 Å². The van der Waals surface area contributed by atoms with E-state index in [1.165, 1.54) is 24.3 Å². The lowest BCUT2D eigenvalue weighted by Crippen LogP contribution is -2.09. The van der Waals surface area contributed by atoms with E-state index in [9.17, 15) is 19.7 Å². The highest BCUT2D eigenvalue weighted by Gasteiger charge is 2.22. The maximum absolute atomic E-state index is 11.2. The van der Waals surface area contributed by atoms with Crippen LogP contribution in [0.1, 0.15) is 10.4 Å². The van der Waals surface area contributed by atoms with E-state index in [0.29, 0.717) is 0 Å². The first-order chi connectivity index (χ1) is 6.54. The summed E-state index contributed by atoms with van der Waals surface area (Å²) in [4.78, 5) is 31.6. The minimum atomic E-state index is -0.919. The molecule has 0 aliphatic rings. The van der Waals surface area contributed by atoms with Crippen molar-refractivity contribution in [1.82, 2.24) is 0 Å². The summed E-state index contributed by atoms with van der Waals surface area (Å²) in [5.41, 5.74) is -0.579. The van der Waals surface area contributed by atoms with Gasteiger partial charge in [0.25, 0.3) is 10.4 Å². The minimum Gasteiger partial charge on any atom is -0.284 e. The zero-order valence-electron chi connectivity index (χ0n) is 6.77. The van der Waals surface area contributed by atoms with Crippen LogP contribution in [0.3, 0.4) is 0 Å². The van der Waals surface area contributed by atoms with Crippen LogP contribution >= 0.6 is 15.9 Å². The topological polar surface area (TPSA) is 77.3 Å². The molecule has 1 aromatic carbocycles. The number of rotatable bonds is 3. The first-order valence-corrected chi connectivity index (χ1v) is 4.31. The third-order valence-corrected chi connectivity index (χ3v) is 1.88. The second-order valence-electron chi connectivity index (χ2n) is 2.38. The Morgan fingerprint density at radius 3 is 2.36 bits per heavy atom. The number of para-hydroxylation sites is 1. The number of hydrogen-bond acceptors (Lipinski definition) is 4. The molecule has 0 spiro atoms. The van der Waals surface area contributed by atoms with Crippen molar-refractivity contribution in [2.24, 2.45) is 0 Å². The minimum absolute atomic E-state index is 0.209. The van der Waals surface area contributed by atoms with Crippen molar-refractivity contribution < 1.29 is 14.5 Å². The van der Waals surface area contributed by atoms with Gasteiger partial charge in [-0.2, -0.15) is 0 Å². The van der Waals surface area contributed by atoms with Gasteiger partial charge in [-0.05, 0) is 6.07 Å². The van der Waals surface area contributed by atoms with Crippen LogP contribution < -0.4 is 0 Å². The van der Waals surface area contributed by atoms with Crippen molar-refractivity contribution in [3.63, 3.8) is 0 Å².